The van der Waals surface area contributed by atoms with Crippen LogP contribution in [0.15, 0.2) is 12.2 Å². The van der Waals surface area contributed by atoms with Gasteiger partial charge < -0.3 is 4.74 Å². The van der Waals surface area contributed by atoms with E-state index in [9.17, 15) is 14.4 Å². The van der Waals surface area contributed by atoms with Gasteiger partial charge in [0.1, 0.15) is 6.54 Å². The summed E-state index contributed by atoms with van der Waals surface area (Å²) in [6.45, 7) is 4.25. The van der Waals surface area contributed by atoms with Crippen molar-refractivity contribution in [2.75, 3.05) is 13.2 Å². The predicted octanol–water partition coefficient (Wildman–Crippen LogP) is 1.67. The Hall–Kier alpha value is -1.65. The fourth-order valence-corrected chi connectivity index (χ4v) is 1.87. The van der Waals surface area contributed by atoms with Crippen molar-refractivity contribution in [3.05, 3.63) is 12.2 Å². The molecule has 1 unspecified atom stereocenters. The zero-order valence-electron chi connectivity index (χ0n) is 11.6. The molecular weight excluding hydrogens is 246 g/mol. The molecule has 1 heterocycles. The first-order valence-electron chi connectivity index (χ1n) is 6.77. The summed E-state index contributed by atoms with van der Waals surface area (Å²) in [6.07, 6.45) is 6.53. The maximum Gasteiger partial charge on any atom is 0.326 e. The molecule has 1 rings (SSSR count). The minimum atomic E-state index is -0.527. The number of hydrogen-bond donors (Lipinski definition) is 0. The van der Waals surface area contributed by atoms with Gasteiger partial charge in [-0.15, -0.1) is 0 Å². The molecule has 0 saturated carbocycles. The largest absolute Gasteiger partial charge is 0.464 e. The Balaban J connectivity index is 2.31. The maximum atomic E-state index is 11.6. The Morgan fingerprint density at radius 3 is 2.42 bits per heavy atom. The molecule has 1 aliphatic heterocycles. The second-order valence-corrected chi connectivity index (χ2v) is 4.70. The first-order valence-corrected chi connectivity index (χ1v) is 6.77. The summed E-state index contributed by atoms with van der Waals surface area (Å²) in [5, 5.41) is 0. The standard InChI is InChI=1S/C14H21NO4/c1-3-5-6-11(4-2)10-19-14(18)9-15-12(16)7-8-13(15)17/h7-8,11H,3-6,9-10H2,1-2H3. The van der Waals surface area contributed by atoms with E-state index < -0.39 is 17.8 Å². The molecule has 2 amide bonds. The number of unbranched alkanes of at least 4 members (excludes halogenated alkanes) is 1. The molecule has 1 aliphatic rings. The van der Waals surface area contributed by atoms with Crippen LogP contribution in [-0.4, -0.2) is 35.8 Å². The Labute approximate surface area is 113 Å². The summed E-state index contributed by atoms with van der Waals surface area (Å²) in [6, 6.07) is 0. The molecule has 0 radical (unpaired) electrons. The Morgan fingerprint density at radius 2 is 1.89 bits per heavy atom. The molecule has 0 spiro atoms. The van der Waals surface area contributed by atoms with Crippen LogP contribution in [0.3, 0.4) is 0 Å². The molecule has 19 heavy (non-hydrogen) atoms. The van der Waals surface area contributed by atoms with Gasteiger partial charge in [-0.1, -0.05) is 33.1 Å². The highest BCUT2D eigenvalue weighted by Crippen LogP contribution is 2.13. The van der Waals surface area contributed by atoms with Crippen LogP contribution in [0.5, 0.6) is 0 Å². The minimum Gasteiger partial charge on any atom is -0.464 e. The lowest BCUT2D eigenvalue weighted by molar-refractivity contribution is -0.152. The van der Waals surface area contributed by atoms with Crippen LogP contribution in [0.25, 0.3) is 0 Å². The van der Waals surface area contributed by atoms with Crippen LogP contribution in [0.2, 0.25) is 0 Å². The van der Waals surface area contributed by atoms with Gasteiger partial charge in [0.25, 0.3) is 11.8 Å². The van der Waals surface area contributed by atoms with E-state index in [1.165, 1.54) is 0 Å². The number of carbonyl (C=O) groups excluding carboxylic acids is 3. The minimum absolute atomic E-state index is 0.297. The lowest BCUT2D eigenvalue weighted by Crippen LogP contribution is -2.36. The van der Waals surface area contributed by atoms with Gasteiger partial charge >= 0.3 is 5.97 Å². The van der Waals surface area contributed by atoms with Gasteiger partial charge in [-0.05, 0) is 12.3 Å². The molecule has 5 nitrogen and oxygen atoms in total. The highest BCUT2D eigenvalue weighted by Gasteiger charge is 2.26. The fraction of sp³-hybridized carbons (Fsp3) is 0.643. The highest BCUT2D eigenvalue weighted by molar-refractivity contribution is 6.14. The van der Waals surface area contributed by atoms with Crippen LogP contribution >= 0.6 is 0 Å². The summed E-state index contributed by atoms with van der Waals surface area (Å²) < 4.78 is 5.14. The molecule has 0 fully saturated rings. The van der Waals surface area contributed by atoms with Crippen LogP contribution in [0, 0.1) is 5.92 Å². The number of nitrogens with zero attached hydrogens (tertiary/aromatic N) is 1. The van der Waals surface area contributed by atoms with Gasteiger partial charge in [-0.25, -0.2) is 0 Å². The van der Waals surface area contributed by atoms with Crippen molar-refractivity contribution in [3.63, 3.8) is 0 Å². The third-order valence-corrected chi connectivity index (χ3v) is 3.21. The van der Waals surface area contributed by atoms with Crippen LogP contribution in [-0.2, 0) is 19.1 Å². The van der Waals surface area contributed by atoms with Crippen molar-refractivity contribution >= 4 is 17.8 Å². The van der Waals surface area contributed by atoms with Crippen molar-refractivity contribution in [3.8, 4) is 0 Å². The van der Waals surface area contributed by atoms with Crippen molar-refractivity contribution in [2.24, 2.45) is 5.92 Å². The Bertz CT molecular complexity index is 358. The van der Waals surface area contributed by atoms with Gasteiger partial charge in [-0.3, -0.25) is 19.3 Å². The van der Waals surface area contributed by atoms with Gasteiger partial charge in [0.2, 0.25) is 0 Å². The topological polar surface area (TPSA) is 63.7 Å². The average Bonchev–Trinajstić information content (AvgIpc) is 2.71. The number of rotatable bonds is 8. The molecule has 5 heteroatoms. The lowest BCUT2D eigenvalue weighted by Gasteiger charge is -2.16. The van der Waals surface area contributed by atoms with Crippen molar-refractivity contribution in [1.82, 2.24) is 4.90 Å². The second-order valence-electron chi connectivity index (χ2n) is 4.70. The molecule has 0 aliphatic carbocycles. The highest BCUT2D eigenvalue weighted by atomic mass is 16.5. The smallest absolute Gasteiger partial charge is 0.326 e. The molecule has 0 aromatic carbocycles. The van der Waals surface area contributed by atoms with Crippen LogP contribution in [0.1, 0.15) is 39.5 Å². The van der Waals surface area contributed by atoms with E-state index in [-0.39, 0.29) is 6.54 Å². The predicted molar refractivity (Wildman–Crippen MR) is 70.1 cm³/mol. The normalized spacial score (nSPS) is 16.0. The van der Waals surface area contributed by atoms with E-state index >= 15 is 0 Å². The number of hydrogen-bond acceptors (Lipinski definition) is 4. The first-order chi connectivity index (χ1) is 9.08. The van der Waals surface area contributed by atoms with Crippen LogP contribution in [0.4, 0.5) is 0 Å². The van der Waals surface area contributed by atoms with Gasteiger partial charge in [0, 0.05) is 12.2 Å². The monoisotopic (exact) mass is 267 g/mol. The fourth-order valence-electron chi connectivity index (χ4n) is 1.87. The molecule has 0 bridgehead atoms. The van der Waals surface area contributed by atoms with E-state index in [2.05, 4.69) is 13.8 Å². The van der Waals surface area contributed by atoms with Crippen molar-refractivity contribution in [1.29, 1.82) is 0 Å². The van der Waals surface area contributed by atoms with Crippen molar-refractivity contribution in [2.45, 2.75) is 39.5 Å². The summed E-state index contributed by atoms with van der Waals surface area (Å²) in [4.78, 5) is 35.0. The van der Waals surface area contributed by atoms with Gasteiger partial charge in [-0.2, -0.15) is 0 Å². The molecule has 0 N–H and O–H groups in total. The first kappa shape index (κ1) is 15.4. The van der Waals surface area contributed by atoms with Crippen LogP contribution < -0.4 is 0 Å². The van der Waals surface area contributed by atoms with E-state index in [0.29, 0.717) is 12.5 Å². The number of carbonyl (C=O) groups is 3. The number of amides is 2. The molecular formula is C14H21NO4. The number of ether oxygens (including phenoxy) is 1. The SMILES string of the molecule is CCCCC(CC)COC(=O)CN1C(=O)C=CC1=O. The summed E-state index contributed by atoms with van der Waals surface area (Å²) in [5.74, 6) is -1.09. The Kier molecular flexibility index (Phi) is 6.25. The molecule has 106 valence electrons. The second kappa shape index (κ2) is 7.71. The lowest BCUT2D eigenvalue weighted by atomic mass is 10.0. The van der Waals surface area contributed by atoms with E-state index in [4.69, 9.17) is 4.74 Å². The van der Waals surface area contributed by atoms with E-state index in [1.807, 2.05) is 0 Å². The number of esters is 1. The third-order valence-electron chi connectivity index (χ3n) is 3.21. The Morgan fingerprint density at radius 1 is 1.26 bits per heavy atom. The van der Waals surface area contributed by atoms with Gasteiger partial charge in [0.15, 0.2) is 0 Å². The molecule has 0 aromatic heterocycles. The summed E-state index contributed by atoms with van der Waals surface area (Å²) in [5.41, 5.74) is 0. The number of imide groups is 1. The zero-order valence-corrected chi connectivity index (χ0v) is 11.6. The van der Waals surface area contributed by atoms with E-state index in [1.54, 1.807) is 0 Å². The summed E-state index contributed by atoms with van der Waals surface area (Å²) >= 11 is 0. The summed E-state index contributed by atoms with van der Waals surface area (Å²) in [7, 11) is 0. The quantitative estimate of drug-likeness (QED) is 0.495. The molecule has 0 aromatic rings. The maximum absolute atomic E-state index is 11.6. The third kappa shape index (κ3) is 4.85. The van der Waals surface area contributed by atoms with Gasteiger partial charge in [0.05, 0.1) is 6.61 Å². The van der Waals surface area contributed by atoms with E-state index in [0.717, 1.165) is 42.7 Å². The average molecular weight is 267 g/mol. The zero-order chi connectivity index (χ0) is 14.3. The van der Waals surface area contributed by atoms with Crippen molar-refractivity contribution < 1.29 is 19.1 Å². The molecule has 0 saturated heterocycles. The molecule has 1 atom stereocenters.